The van der Waals surface area contributed by atoms with Crippen LogP contribution in [0.5, 0.6) is 0 Å². The van der Waals surface area contributed by atoms with Crippen molar-refractivity contribution in [3.05, 3.63) is 76.5 Å². The SMILES string of the molecule is Cc1ccc(C2(C)NC(=O)N(Cc3csc(-c4ccc(F)cc4)n3)C2=O)cc1. The highest BCUT2D eigenvalue weighted by molar-refractivity contribution is 7.13. The maximum absolute atomic E-state index is 13.1. The van der Waals surface area contributed by atoms with Crippen molar-refractivity contribution in [3.8, 4) is 10.6 Å². The van der Waals surface area contributed by atoms with Gasteiger partial charge in [0.05, 0.1) is 12.2 Å². The third-order valence-corrected chi connectivity index (χ3v) is 5.81. The fraction of sp³-hybridized carbons (Fsp3) is 0.190. The predicted molar refractivity (Wildman–Crippen MR) is 105 cm³/mol. The largest absolute Gasteiger partial charge is 0.325 e. The second-order valence-corrected chi connectivity index (χ2v) is 7.82. The number of aromatic nitrogens is 1. The molecule has 1 fully saturated rings. The van der Waals surface area contributed by atoms with Crippen molar-refractivity contribution < 1.29 is 14.0 Å². The molecule has 2 aromatic carbocycles. The molecule has 1 N–H and O–H groups in total. The number of carbonyl (C=O) groups is 2. The van der Waals surface area contributed by atoms with Gasteiger partial charge in [0.2, 0.25) is 0 Å². The Morgan fingerprint density at radius 2 is 1.79 bits per heavy atom. The quantitative estimate of drug-likeness (QED) is 0.673. The van der Waals surface area contributed by atoms with Crippen LogP contribution in [0.2, 0.25) is 0 Å². The Morgan fingerprint density at radius 1 is 1.11 bits per heavy atom. The smallest absolute Gasteiger partial charge is 0.319 e. The minimum Gasteiger partial charge on any atom is -0.319 e. The Morgan fingerprint density at radius 3 is 2.46 bits per heavy atom. The van der Waals surface area contributed by atoms with Crippen LogP contribution in [0.4, 0.5) is 9.18 Å². The Kier molecular flexibility index (Phi) is 4.47. The van der Waals surface area contributed by atoms with Gasteiger partial charge in [0, 0.05) is 10.9 Å². The van der Waals surface area contributed by atoms with Crippen molar-refractivity contribution >= 4 is 23.3 Å². The fourth-order valence-corrected chi connectivity index (χ4v) is 4.01. The number of carbonyl (C=O) groups excluding carboxylic acids is 2. The van der Waals surface area contributed by atoms with Gasteiger partial charge in [-0.05, 0) is 43.7 Å². The van der Waals surface area contributed by atoms with Gasteiger partial charge in [0.15, 0.2) is 0 Å². The highest BCUT2D eigenvalue weighted by Crippen LogP contribution is 2.31. The molecule has 5 nitrogen and oxygen atoms in total. The van der Waals surface area contributed by atoms with E-state index in [-0.39, 0.29) is 18.3 Å². The summed E-state index contributed by atoms with van der Waals surface area (Å²) in [4.78, 5) is 31.2. The summed E-state index contributed by atoms with van der Waals surface area (Å²) < 4.78 is 13.1. The highest BCUT2D eigenvalue weighted by Gasteiger charge is 2.49. The highest BCUT2D eigenvalue weighted by atomic mass is 32.1. The molecule has 0 spiro atoms. The second-order valence-electron chi connectivity index (χ2n) is 6.96. The first-order chi connectivity index (χ1) is 13.4. The van der Waals surface area contributed by atoms with E-state index in [0.717, 1.165) is 16.7 Å². The van der Waals surface area contributed by atoms with E-state index < -0.39 is 11.6 Å². The summed E-state index contributed by atoms with van der Waals surface area (Å²) in [5.41, 5.74) is 2.13. The number of hydrogen-bond donors (Lipinski definition) is 1. The third kappa shape index (κ3) is 3.18. The summed E-state index contributed by atoms with van der Waals surface area (Å²) in [5, 5.41) is 5.32. The van der Waals surface area contributed by atoms with Gasteiger partial charge in [0.1, 0.15) is 16.4 Å². The standard InChI is InChI=1S/C21H18FN3O2S/c1-13-3-7-15(8-4-13)21(2)19(26)25(20(27)24-21)11-17-12-28-18(23-17)14-5-9-16(22)10-6-14/h3-10,12H,11H2,1-2H3,(H,24,27). The number of halogens is 1. The van der Waals surface area contributed by atoms with Gasteiger partial charge < -0.3 is 5.32 Å². The lowest BCUT2D eigenvalue weighted by atomic mass is 9.91. The van der Waals surface area contributed by atoms with E-state index in [1.54, 1.807) is 24.4 Å². The average molecular weight is 395 g/mol. The molecule has 1 aliphatic rings. The normalized spacial score (nSPS) is 19.2. The molecule has 1 unspecified atom stereocenters. The van der Waals surface area contributed by atoms with Crippen LogP contribution < -0.4 is 5.32 Å². The van der Waals surface area contributed by atoms with Gasteiger partial charge >= 0.3 is 6.03 Å². The predicted octanol–water partition coefficient (Wildman–Crippen LogP) is 4.22. The number of aryl methyl sites for hydroxylation is 1. The van der Waals surface area contributed by atoms with Gasteiger partial charge in [-0.3, -0.25) is 9.69 Å². The van der Waals surface area contributed by atoms with Gasteiger partial charge in [-0.1, -0.05) is 29.8 Å². The fourth-order valence-electron chi connectivity index (χ4n) is 3.19. The van der Waals surface area contributed by atoms with E-state index in [1.807, 2.05) is 31.2 Å². The lowest BCUT2D eigenvalue weighted by Gasteiger charge is -2.22. The molecule has 2 heterocycles. The Labute approximate surface area is 165 Å². The summed E-state index contributed by atoms with van der Waals surface area (Å²) in [6, 6.07) is 13.2. The topological polar surface area (TPSA) is 62.3 Å². The van der Waals surface area contributed by atoms with Crippen LogP contribution in [-0.2, 0) is 16.9 Å². The Bertz CT molecular complexity index is 1050. The van der Waals surface area contributed by atoms with E-state index >= 15 is 0 Å². The van der Waals surface area contributed by atoms with Crippen molar-refractivity contribution in [3.63, 3.8) is 0 Å². The van der Waals surface area contributed by atoms with Crippen molar-refractivity contribution in [2.45, 2.75) is 25.9 Å². The Balaban J connectivity index is 1.55. The van der Waals surface area contributed by atoms with Crippen LogP contribution in [-0.4, -0.2) is 21.8 Å². The van der Waals surface area contributed by atoms with Gasteiger partial charge in [0.25, 0.3) is 5.91 Å². The van der Waals surface area contributed by atoms with E-state index in [4.69, 9.17) is 0 Å². The number of imide groups is 1. The van der Waals surface area contributed by atoms with Crippen LogP contribution in [0.1, 0.15) is 23.7 Å². The molecule has 1 saturated heterocycles. The minimum absolute atomic E-state index is 0.0871. The van der Waals surface area contributed by atoms with E-state index in [1.165, 1.54) is 28.4 Å². The molecule has 28 heavy (non-hydrogen) atoms. The van der Waals surface area contributed by atoms with Crippen LogP contribution >= 0.6 is 11.3 Å². The molecule has 1 aromatic heterocycles. The maximum Gasteiger partial charge on any atom is 0.325 e. The second kappa shape index (κ2) is 6.83. The molecule has 1 atom stereocenters. The van der Waals surface area contributed by atoms with Crippen LogP contribution in [0.15, 0.2) is 53.9 Å². The lowest BCUT2D eigenvalue weighted by molar-refractivity contribution is -0.131. The number of hydrogen-bond acceptors (Lipinski definition) is 4. The van der Waals surface area contributed by atoms with Gasteiger partial charge in [-0.25, -0.2) is 14.2 Å². The summed E-state index contributed by atoms with van der Waals surface area (Å²) in [5.74, 6) is -0.618. The maximum atomic E-state index is 13.1. The summed E-state index contributed by atoms with van der Waals surface area (Å²) in [6.07, 6.45) is 0. The van der Waals surface area contributed by atoms with E-state index in [0.29, 0.717) is 10.7 Å². The van der Waals surface area contributed by atoms with E-state index in [2.05, 4.69) is 10.3 Å². The number of benzene rings is 2. The summed E-state index contributed by atoms with van der Waals surface area (Å²) in [6.45, 7) is 3.76. The first-order valence-corrected chi connectivity index (χ1v) is 9.66. The molecular weight excluding hydrogens is 377 g/mol. The first-order valence-electron chi connectivity index (χ1n) is 8.78. The molecule has 3 amide bonds. The molecule has 4 rings (SSSR count). The summed E-state index contributed by atoms with van der Waals surface area (Å²) in [7, 11) is 0. The molecule has 7 heteroatoms. The number of urea groups is 1. The lowest BCUT2D eigenvalue weighted by Crippen LogP contribution is -2.40. The van der Waals surface area contributed by atoms with Gasteiger partial charge in [-0.15, -0.1) is 11.3 Å². The zero-order chi connectivity index (χ0) is 19.9. The third-order valence-electron chi connectivity index (χ3n) is 4.87. The zero-order valence-electron chi connectivity index (χ0n) is 15.4. The summed E-state index contributed by atoms with van der Waals surface area (Å²) >= 11 is 1.39. The minimum atomic E-state index is -1.10. The number of nitrogens with zero attached hydrogens (tertiary/aromatic N) is 2. The zero-order valence-corrected chi connectivity index (χ0v) is 16.2. The number of rotatable bonds is 4. The molecule has 0 aliphatic carbocycles. The molecule has 0 saturated carbocycles. The van der Waals surface area contributed by atoms with Crippen LogP contribution in [0.25, 0.3) is 10.6 Å². The monoisotopic (exact) mass is 395 g/mol. The van der Waals surface area contributed by atoms with Gasteiger partial charge in [-0.2, -0.15) is 0 Å². The van der Waals surface area contributed by atoms with E-state index in [9.17, 15) is 14.0 Å². The van der Waals surface area contributed by atoms with Crippen molar-refractivity contribution in [2.24, 2.45) is 0 Å². The number of thiazole rings is 1. The average Bonchev–Trinajstić information content (AvgIpc) is 3.22. The molecule has 1 aliphatic heterocycles. The van der Waals surface area contributed by atoms with Crippen molar-refractivity contribution in [1.29, 1.82) is 0 Å². The van der Waals surface area contributed by atoms with Crippen molar-refractivity contribution in [1.82, 2.24) is 15.2 Å². The van der Waals surface area contributed by atoms with Crippen LogP contribution in [0, 0.1) is 12.7 Å². The molecule has 142 valence electrons. The Hall–Kier alpha value is -3.06. The molecule has 3 aromatic rings. The molecular formula is C21H18FN3O2S. The molecule has 0 radical (unpaired) electrons. The number of amides is 3. The van der Waals surface area contributed by atoms with Crippen molar-refractivity contribution in [2.75, 3.05) is 0 Å². The molecule has 0 bridgehead atoms. The van der Waals surface area contributed by atoms with Crippen LogP contribution in [0.3, 0.4) is 0 Å². The number of nitrogens with one attached hydrogen (secondary N) is 1. The first kappa shape index (κ1) is 18.3.